The van der Waals surface area contributed by atoms with Crippen LogP contribution in [0.4, 0.5) is 26.3 Å². The maximum absolute atomic E-state index is 13.2. The molecule has 1 unspecified atom stereocenters. The lowest BCUT2D eigenvalue weighted by Gasteiger charge is -2.36. The van der Waals surface area contributed by atoms with Crippen molar-refractivity contribution in [2.45, 2.75) is 41.9 Å². The van der Waals surface area contributed by atoms with E-state index in [2.05, 4.69) is 0 Å². The lowest BCUT2D eigenvalue weighted by molar-refractivity contribution is -0.0518. The molecule has 0 N–H and O–H groups in total. The van der Waals surface area contributed by atoms with E-state index in [9.17, 15) is 43.2 Å². The monoisotopic (exact) mass is 415 g/mol. The predicted octanol–water partition coefficient (Wildman–Crippen LogP) is 3.40. The zero-order chi connectivity index (χ0) is 19.9. The molecule has 0 aliphatic carbocycles. The Labute approximate surface area is 140 Å². The second-order valence-corrected chi connectivity index (χ2v) is 9.97. The maximum atomic E-state index is 13.2. The van der Waals surface area contributed by atoms with E-state index < -0.39 is 47.2 Å². The number of hydrogen-bond acceptors (Lipinski definition) is 4. The molecule has 0 saturated heterocycles. The number of sulfone groups is 2. The lowest BCUT2D eigenvalue weighted by atomic mass is 10.1. The SMILES string of the molecule is CCC(C)CC(n1cccc1)(S(=O)(=O)C(F)(F)F)S(=O)(=O)C(F)(F)F. The van der Waals surface area contributed by atoms with Crippen molar-refractivity contribution in [1.29, 1.82) is 0 Å². The van der Waals surface area contributed by atoms with Gasteiger partial charge in [-0.2, -0.15) is 26.3 Å². The molecule has 1 heterocycles. The minimum Gasteiger partial charge on any atom is -0.322 e. The molecule has 25 heavy (non-hydrogen) atoms. The van der Waals surface area contributed by atoms with Crippen LogP contribution in [0.15, 0.2) is 24.5 Å². The van der Waals surface area contributed by atoms with Gasteiger partial charge in [0.25, 0.3) is 23.9 Å². The second kappa shape index (κ2) is 6.49. The Morgan fingerprint density at radius 2 is 1.24 bits per heavy atom. The van der Waals surface area contributed by atoms with Crippen LogP contribution in [-0.2, 0) is 23.9 Å². The van der Waals surface area contributed by atoms with Crippen LogP contribution >= 0.6 is 0 Å². The molecule has 146 valence electrons. The van der Waals surface area contributed by atoms with Crippen LogP contribution in [0.25, 0.3) is 0 Å². The highest BCUT2D eigenvalue weighted by atomic mass is 32.3. The van der Waals surface area contributed by atoms with Crippen molar-refractivity contribution in [2.24, 2.45) is 5.92 Å². The number of rotatable bonds is 6. The summed E-state index contributed by atoms with van der Waals surface area (Å²) in [4.78, 5) is 0. The Morgan fingerprint density at radius 3 is 1.52 bits per heavy atom. The van der Waals surface area contributed by atoms with E-state index in [1.165, 1.54) is 6.92 Å². The quantitative estimate of drug-likeness (QED) is 0.668. The molecule has 1 atom stereocenters. The average molecular weight is 415 g/mol. The van der Waals surface area contributed by atoms with Gasteiger partial charge in [0, 0.05) is 18.8 Å². The third-order valence-corrected chi connectivity index (χ3v) is 8.72. The van der Waals surface area contributed by atoms with E-state index in [4.69, 9.17) is 0 Å². The van der Waals surface area contributed by atoms with Gasteiger partial charge in [-0.3, -0.25) is 0 Å². The Balaban J connectivity index is 4.07. The smallest absolute Gasteiger partial charge is 0.322 e. The van der Waals surface area contributed by atoms with Crippen LogP contribution in [0.5, 0.6) is 0 Å². The number of alkyl halides is 6. The molecular weight excluding hydrogens is 400 g/mol. The molecule has 0 bridgehead atoms. The number of aromatic nitrogens is 1. The van der Waals surface area contributed by atoms with Crippen molar-refractivity contribution >= 4 is 19.7 Å². The summed E-state index contributed by atoms with van der Waals surface area (Å²) in [5, 5.41) is 0. The first-order chi connectivity index (χ1) is 11.1. The van der Waals surface area contributed by atoms with Gasteiger partial charge < -0.3 is 4.57 Å². The molecular formula is C12H15F6NO4S2. The second-order valence-electron chi connectivity index (χ2n) is 5.42. The third-order valence-electron chi connectivity index (χ3n) is 3.75. The Kier molecular flexibility index (Phi) is 5.66. The molecule has 0 fully saturated rings. The molecule has 0 spiro atoms. The van der Waals surface area contributed by atoms with Gasteiger partial charge in [-0.05, 0) is 18.1 Å². The van der Waals surface area contributed by atoms with Gasteiger partial charge in [-0.15, -0.1) is 0 Å². The zero-order valence-electron chi connectivity index (χ0n) is 13.0. The Hall–Kier alpha value is -1.24. The van der Waals surface area contributed by atoms with E-state index >= 15 is 0 Å². The number of halogens is 6. The Morgan fingerprint density at radius 1 is 0.880 bits per heavy atom. The van der Waals surface area contributed by atoms with Crippen LogP contribution in [0.2, 0.25) is 0 Å². The molecule has 0 aromatic carbocycles. The van der Waals surface area contributed by atoms with Crippen LogP contribution in [0, 0.1) is 5.92 Å². The first-order valence-corrected chi connectivity index (χ1v) is 9.78. The van der Waals surface area contributed by atoms with Gasteiger partial charge >= 0.3 is 11.0 Å². The molecule has 5 nitrogen and oxygen atoms in total. The van der Waals surface area contributed by atoms with Crippen LogP contribution in [-0.4, -0.2) is 32.4 Å². The highest BCUT2D eigenvalue weighted by Crippen LogP contribution is 2.50. The summed E-state index contributed by atoms with van der Waals surface area (Å²) in [6.45, 7) is 2.54. The Bertz CT molecular complexity index is 750. The van der Waals surface area contributed by atoms with Gasteiger partial charge in [0.15, 0.2) is 0 Å². The maximum Gasteiger partial charge on any atom is 0.500 e. The average Bonchev–Trinajstić information content (AvgIpc) is 2.95. The third kappa shape index (κ3) is 3.27. The molecule has 1 aromatic heterocycles. The summed E-state index contributed by atoms with van der Waals surface area (Å²) < 4.78 is 123. The largest absolute Gasteiger partial charge is 0.500 e. The zero-order valence-corrected chi connectivity index (χ0v) is 14.6. The minimum absolute atomic E-state index is 0.0379. The molecule has 0 radical (unpaired) electrons. The van der Waals surface area contributed by atoms with Crippen molar-refractivity contribution in [1.82, 2.24) is 4.57 Å². The normalized spacial score (nSPS) is 16.0. The molecule has 1 rings (SSSR count). The van der Waals surface area contributed by atoms with E-state index in [0.717, 1.165) is 19.1 Å². The first-order valence-electron chi connectivity index (χ1n) is 6.81. The predicted molar refractivity (Wildman–Crippen MR) is 76.4 cm³/mol. The van der Waals surface area contributed by atoms with E-state index in [1.54, 1.807) is 0 Å². The van der Waals surface area contributed by atoms with Crippen LogP contribution < -0.4 is 0 Å². The topological polar surface area (TPSA) is 73.2 Å². The molecule has 0 aliphatic rings. The highest BCUT2D eigenvalue weighted by molar-refractivity contribution is 8.10. The minimum atomic E-state index is -6.81. The van der Waals surface area contributed by atoms with E-state index in [1.807, 2.05) is 0 Å². The highest BCUT2D eigenvalue weighted by Gasteiger charge is 2.73. The number of hydrogen-bond donors (Lipinski definition) is 0. The van der Waals surface area contributed by atoms with E-state index in [0.29, 0.717) is 12.4 Å². The van der Waals surface area contributed by atoms with Crippen LogP contribution in [0.1, 0.15) is 26.7 Å². The van der Waals surface area contributed by atoms with Gasteiger partial charge in [0.2, 0.25) is 0 Å². The number of nitrogens with zero attached hydrogens (tertiary/aromatic N) is 1. The summed E-state index contributed by atoms with van der Waals surface area (Å²) >= 11 is 0. The first kappa shape index (κ1) is 21.8. The molecule has 0 saturated carbocycles. The van der Waals surface area contributed by atoms with Crippen molar-refractivity contribution in [3.05, 3.63) is 24.5 Å². The van der Waals surface area contributed by atoms with E-state index in [-0.39, 0.29) is 11.0 Å². The summed E-state index contributed by atoms with van der Waals surface area (Å²) in [6, 6.07) is 1.87. The van der Waals surface area contributed by atoms with Gasteiger partial charge in [-0.25, -0.2) is 16.8 Å². The standard InChI is InChI=1S/C12H15F6NO4S2/c1-3-9(2)8-10(19-6-4-5-7-19,24(20,21)11(13,14)15)25(22,23)12(16,17)18/h4-7,9H,3,8H2,1-2H3. The molecule has 0 aliphatic heterocycles. The fourth-order valence-electron chi connectivity index (χ4n) is 2.25. The van der Waals surface area contributed by atoms with Crippen molar-refractivity contribution < 1.29 is 43.2 Å². The lowest BCUT2D eigenvalue weighted by Crippen LogP contribution is -2.57. The van der Waals surface area contributed by atoms with Crippen molar-refractivity contribution in [3.8, 4) is 0 Å². The van der Waals surface area contributed by atoms with Crippen molar-refractivity contribution in [2.75, 3.05) is 0 Å². The summed E-state index contributed by atoms with van der Waals surface area (Å²) in [5.41, 5.74) is -12.4. The summed E-state index contributed by atoms with van der Waals surface area (Å²) in [5.74, 6) is -1.07. The van der Waals surface area contributed by atoms with Crippen LogP contribution in [0.3, 0.4) is 0 Å². The molecule has 13 heteroatoms. The summed E-state index contributed by atoms with van der Waals surface area (Å²) in [7, 11) is -13.6. The molecule has 1 aromatic rings. The summed E-state index contributed by atoms with van der Waals surface area (Å²) in [6.07, 6.45) is -0.352. The van der Waals surface area contributed by atoms with Gasteiger partial charge in [0.05, 0.1) is 0 Å². The van der Waals surface area contributed by atoms with Crippen molar-refractivity contribution in [3.63, 3.8) is 0 Å². The van der Waals surface area contributed by atoms with Gasteiger partial charge in [0.1, 0.15) is 0 Å². The fraction of sp³-hybridized carbons (Fsp3) is 0.667. The molecule has 0 amide bonds. The van der Waals surface area contributed by atoms with Gasteiger partial charge in [-0.1, -0.05) is 20.3 Å². The fourth-order valence-corrected chi connectivity index (χ4v) is 6.51.